The largest absolute Gasteiger partial charge is 0.398 e. The number of rotatable bonds is 2. The fourth-order valence-electron chi connectivity index (χ4n) is 1.82. The third-order valence-electron chi connectivity index (χ3n) is 2.89. The monoisotopic (exact) mass is 286 g/mol. The number of hydrogen-bond donors (Lipinski definition) is 1. The molecular formula is C14H11ClN4O. The zero-order valence-electron chi connectivity index (χ0n) is 10.7. The number of hydrogen-bond acceptors (Lipinski definition) is 5. The van der Waals surface area contributed by atoms with Crippen molar-refractivity contribution >= 4 is 17.3 Å². The summed E-state index contributed by atoms with van der Waals surface area (Å²) < 4.78 is 5.25. The molecule has 0 fully saturated rings. The van der Waals surface area contributed by atoms with Crippen molar-refractivity contribution in [2.75, 3.05) is 5.73 Å². The van der Waals surface area contributed by atoms with E-state index in [0.717, 1.165) is 11.1 Å². The lowest BCUT2D eigenvalue weighted by Crippen LogP contribution is -1.89. The van der Waals surface area contributed by atoms with E-state index in [1.807, 2.05) is 19.1 Å². The van der Waals surface area contributed by atoms with E-state index < -0.39 is 0 Å². The Kier molecular flexibility index (Phi) is 3.12. The lowest BCUT2D eigenvalue weighted by atomic mass is 10.2. The standard InChI is InChI=1S/C14H11ClN4O/c1-8-3-2-6-17-12(8)13-18-14(20-19-13)9-4-5-11(16)10(15)7-9/h2-7H,16H2,1H3. The highest BCUT2D eigenvalue weighted by Crippen LogP contribution is 2.27. The Morgan fingerprint density at radius 2 is 2.10 bits per heavy atom. The molecule has 0 amide bonds. The Morgan fingerprint density at radius 1 is 1.25 bits per heavy atom. The maximum absolute atomic E-state index is 5.99. The maximum atomic E-state index is 5.99. The first-order valence-corrected chi connectivity index (χ1v) is 6.34. The van der Waals surface area contributed by atoms with E-state index in [1.165, 1.54) is 0 Å². The van der Waals surface area contributed by atoms with Crippen LogP contribution >= 0.6 is 11.6 Å². The number of aromatic nitrogens is 3. The first-order valence-electron chi connectivity index (χ1n) is 5.96. The molecule has 0 saturated heterocycles. The van der Waals surface area contributed by atoms with Crippen molar-refractivity contribution in [3.05, 3.63) is 47.1 Å². The smallest absolute Gasteiger partial charge is 0.258 e. The molecule has 2 heterocycles. The summed E-state index contributed by atoms with van der Waals surface area (Å²) in [5, 5.41) is 4.41. The summed E-state index contributed by atoms with van der Waals surface area (Å²) in [5.74, 6) is 0.831. The van der Waals surface area contributed by atoms with Crippen LogP contribution in [0.25, 0.3) is 23.0 Å². The van der Waals surface area contributed by atoms with Gasteiger partial charge < -0.3 is 10.3 Å². The van der Waals surface area contributed by atoms with Crippen LogP contribution < -0.4 is 5.73 Å². The second-order valence-corrected chi connectivity index (χ2v) is 4.74. The van der Waals surface area contributed by atoms with Crippen LogP contribution in [0.15, 0.2) is 41.1 Å². The molecule has 0 aliphatic heterocycles. The number of nitrogens with two attached hydrogens (primary N) is 1. The van der Waals surface area contributed by atoms with Crippen LogP contribution in [0.3, 0.4) is 0 Å². The van der Waals surface area contributed by atoms with Crippen LogP contribution in [0.4, 0.5) is 5.69 Å². The van der Waals surface area contributed by atoms with Gasteiger partial charge in [-0.15, -0.1) is 0 Å². The summed E-state index contributed by atoms with van der Waals surface area (Å²) in [5.41, 5.74) is 8.58. The number of nitrogen functional groups attached to an aromatic ring is 1. The van der Waals surface area contributed by atoms with Crippen LogP contribution in [-0.4, -0.2) is 15.1 Å². The van der Waals surface area contributed by atoms with Crippen molar-refractivity contribution in [1.82, 2.24) is 15.1 Å². The topological polar surface area (TPSA) is 77.8 Å². The minimum absolute atomic E-state index is 0.381. The second kappa shape index (κ2) is 4.94. The molecule has 1 aromatic carbocycles. The summed E-state index contributed by atoms with van der Waals surface area (Å²) in [6.45, 7) is 1.94. The van der Waals surface area contributed by atoms with Crippen molar-refractivity contribution in [2.24, 2.45) is 0 Å². The number of aryl methyl sites for hydroxylation is 1. The molecular weight excluding hydrogens is 276 g/mol. The lowest BCUT2D eigenvalue weighted by Gasteiger charge is -1.99. The van der Waals surface area contributed by atoms with Gasteiger partial charge in [-0.3, -0.25) is 4.98 Å². The Morgan fingerprint density at radius 3 is 2.85 bits per heavy atom. The van der Waals surface area contributed by atoms with E-state index >= 15 is 0 Å². The number of halogens is 1. The molecule has 3 aromatic rings. The van der Waals surface area contributed by atoms with Crippen molar-refractivity contribution in [3.8, 4) is 23.0 Å². The highest BCUT2D eigenvalue weighted by molar-refractivity contribution is 6.33. The van der Waals surface area contributed by atoms with Gasteiger partial charge >= 0.3 is 0 Å². The lowest BCUT2D eigenvalue weighted by molar-refractivity contribution is 0.432. The van der Waals surface area contributed by atoms with Gasteiger partial charge in [0.2, 0.25) is 5.82 Å². The molecule has 0 aliphatic carbocycles. The minimum Gasteiger partial charge on any atom is -0.398 e. The van der Waals surface area contributed by atoms with Crippen LogP contribution in [0.5, 0.6) is 0 Å². The molecule has 0 unspecified atom stereocenters. The minimum atomic E-state index is 0.381. The molecule has 6 heteroatoms. The van der Waals surface area contributed by atoms with Crippen LogP contribution in [-0.2, 0) is 0 Å². The third-order valence-corrected chi connectivity index (χ3v) is 3.22. The molecule has 2 N–H and O–H groups in total. The van der Waals surface area contributed by atoms with Crippen LogP contribution in [0.2, 0.25) is 5.02 Å². The van der Waals surface area contributed by atoms with Crippen LogP contribution in [0.1, 0.15) is 5.56 Å². The summed E-state index contributed by atoms with van der Waals surface area (Å²) in [6.07, 6.45) is 1.69. The molecule has 0 aliphatic rings. The number of anilines is 1. The molecule has 3 rings (SSSR count). The van der Waals surface area contributed by atoms with Gasteiger partial charge in [-0.2, -0.15) is 4.98 Å². The molecule has 0 atom stereocenters. The average Bonchev–Trinajstić information content (AvgIpc) is 2.92. The number of pyridine rings is 1. The maximum Gasteiger partial charge on any atom is 0.258 e. The Hall–Kier alpha value is -2.40. The van der Waals surface area contributed by atoms with Gasteiger partial charge in [0.15, 0.2) is 0 Å². The fourth-order valence-corrected chi connectivity index (χ4v) is 2.00. The van der Waals surface area contributed by atoms with E-state index in [9.17, 15) is 0 Å². The van der Waals surface area contributed by atoms with Gasteiger partial charge in [0.05, 0.1) is 10.7 Å². The zero-order chi connectivity index (χ0) is 14.1. The first kappa shape index (κ1) is 12.6. The van der Waals surface area contributed by atoms with Gasteiger partial charge in [0, 0.05) is 11.8 Å². The highest BCUT2D eigenvalue weighted by Gasteiger charge is 2.13. The van der Waals surface area contributed by atoms with E-state index in [2.05, 4.69) is 15.1 Å². The van der Waals surface area contributed by atoms with E-state index in [-0.39, 0.29) is 0 Å². The fraction of sp³-hybridized carbons (Fsp3) is 0.0714. The van der Waals surface area contributed by atoms with Crippen molar-refractivity contribution in [1.29, 1.82) is 0 Å². The molecule has 0 saturated carbocycles. The van der Waals surface area contributed by atoms with Gasteiger partial charge in [-0.1, -0.05) is 22.8 Å². The predicted molar refractivity (Wildman–Crippen MR) is 77.1 cm³/mol. The third kappa shape index (κ3) is 2.23. The summed E-state index contributed by atoms with van der Waals surface area (Å²) in [6, 6.07) is 8.98. The molecule has 20 heavy (non-hydrogen) atoms. The summed E-state index contributed by atoms with van der Waals surface area (Å²) in [7, 11) is 0. The Balaban J connectivity index is 2.02. The van der Waals surface area contributed by atoms with E-state index in [4.69, 9.17) is 21.9 Å². The van der Waals surface area contributed by atoms with E-state index in [0.29, 0.717) is 28.1 Å². The van der Waals surface area contributed by atoms with Gasteiger partial charge in [0.25, 0.3) is 5.89 Å². The zero-order valence-corrected chi connectivity index (χ0v) is 11.4. The molecule has 0 radical (unpaired) electrons. The SMILES string of the molecule is Cc1cccnc1-c1noc(-c2ccc(N)c(Cl)c2)n1. The van der Waals surface area contributed by atoms with Crippen molar-refractivity contribution in [2.45, 2.75) is 6.92 Å². The number of benzene rings is 1. The molecule has 0 bridgehead atoms. The Bertz CT molecular complexity index is 769. The van der Waals surface area contributed by atoms with E-state index in [1.54, 1.807) is 24.4 Å². The van der Waals surface area contributed by atoms with Gasteiger partial charge in [-0.05, 0) is 36.8 Å². The van der Waals surface area contributed by atoms with Gasteiger partial charge in [-0.25, -0.2) is 0 Å². The molecule has 5 nitrogen and oxygen atoms in total. The highest BCUT2D eigenvalue weighted by atomic mass is 35.5. The Labute approximate surface area is 120 Å². The average molecular weight is 287 g/mol. The normalized spacial score (nSPS) is 10.7. The molecule has 0 spiro atoms. The quantitative estimate of drug-likeness (QED) is 0.731. The first-order chi connectivity index (χ1) is 9.65. The predicted octanol–water partition coefficient (Wildman–Crippen LogP) is 3.34. The van der Waals surface area contributed by atoms with Crippen molar-refractivity contribution in [3.63, 3.8) is 0 Å². The molecule has 2 aromatic heterocycles. The van der Waals surface area contributed by atoms with Crippen LogP contribution in [0, 0.1) is 6.92 Å². The number of nitrogens with zero attached hydrogens (tertiary/aromatic N) is 3. The molecule has 100 valence electrons. The summed E-state index contributed by atoms with van der Waals surface area (Å²) in [4.78, 5) is 8.60. The van der Waals surface area contributed by atoms with Gasteiger partial charge in [0.1, 0.15) is 5.69 Å². The van der Waals surface area contributed by atoms with Crippen molar-refractivity contribution < 1.29 is 4.52 Å². The second-order valence-electron chi connectivity index (χ2n) is 4.33. The summed E-state index contributed by atoms with van der Waals surface area (Å²) >= 11 is 5.99.